The number of esters is 1. The van der Waals surface area contributed by atoms with Crippen molar-refractivity contribution in [2.24, 2.45) is 5.92 Å². The molecule has 84 valence electrons. The van der Waals surface area contributed by atoms with Gasteiger partial charge in [-0.15, -0.1) is 6.42 Å². The summed E-state index contributed by atoms with van der Waals surface area (Å²) in [4.78, 5) is 11.6. The van der Waals surface area contributed by atoms with Crippen LogP contribution in [-0.4, -0.2) is 17.7 Å². The number of aromatic hydroxyl groups is 1. The van der Waals surface area contributed by atoms with Gasteiger partial charge < -0.3 is 9.84 Å². The Balaban J connectivity index is 2.86. The molecule has 3 nitrogen and oxygen atoms in total. The molecule has 0 amide bonds. The molecule has 16 heavy (non-hydrogen) atoms. The summed E-state index contributed by atoms with van der Waals surface area (Å²) in [6, 6.07) is 4.40. The molecule has 0 radical (unpaired) electrons. The zero-order valence-corrected chi connectivity index (χ0v) is 9.36. The third kappa shape index (κ3) is 3.03. The van der Waals surface area contributed by atoms with Gasteiger partial charge in [-0.05, 0) is 24.1 Å². The highest BCUT2D eigenvalue weighted by Gasteiger charge is 2.13. The van der Waals surface area contributed by atoms with Crippen LogP contribution < -0.4 is 0 Å². The number of benzene rings is 1. The zero-order chi connectivity index (χ0) is 12.1. The first-order valence-corrected chi connectivity index (χ1v) is 5.01. The van der Waals surface area contributed by atoms with Crippen molar-refractivity contribution in [2.75, 3.05) is 6.61 Å². The quantitative estimate of drug-likeness (QED) is 0.624. The van der Waals surface area contributed by atoms with Crippen molar-refractivity contribution < 1.29 is 14.6 Å². The number of hydrogen-bond acceptors (Lipinski definition) is 3. The number of carbonyl (C=O) groups is 1. The topological polar surface area (TPSA) is 46.5 Å². The molecular weight excluding hydrogens is 204 g/mol. The van der Waals surface area contributed by atoms with E-state index in [-0.39, 0.29) is 17.2 Å². The molecule has 0 aliphatic heterocycles. The van der Waals surface area contributed by atoms with Gasteiger partial charge in [-0.3, -0.25) is 0 Å². The van der Waals surface area contributed by atoms with Gasteiger partial charge >= 0.3 is 5.97 Å². The van der Waals surface area contributed by atoms with Crippen LogP contribution in [-0.2, 0) is 4.74 Å². The molecule has 0 aliphatic carbocycles. The van der Waals surface area contributed by atoms with Gasteiger partial charge in [0.05, 0.1) is 6.61 Å². The SMILES string of the molecule is C#Cc1ccc(O)c(C(=O)OCC(C)C)c1. The zero-order valence-electron chi connectivity index (χ0n) is 9.36. The van der Waals surface area contributed by atoms with Crippen LogP contribution >= 0.6 is 0 Å². The molecule has 1 aromatic carbocycles. The molecule has 0 aliphatic rings. The van der Waals surface area contributed by atoms with Crippen molar-refractivity contribution in [2.45, 2.75) is 13.8 Å². The Labute approximate surface area is 95.1 Å². The maximum absolute atomic E-state index is 11.6. The normalized spacial score (nSPS) is 9.88. The number of phenolic OH excluding ortho intramolecular Hbond substituents is 1. The van der Waals surface area contributed by atoms with E-state index in [1.54, 1.807) is 6.07 Å². The average molecular weight is 218 g/mol. The number of phenols is 1. The lowest BCUT2D eigenvalue weighted by molar-refractivity contribution is 0.0455. The second-order valence-electron chi connectivity index (χ2n) is 3.87. The summed E-state index contributed by atoms with van der Waals surface area (Å²) >= 11 is 0. The van der Waals surface area contributed by atoms with E-state index in [9.17, 15) is 9.90 Å². The van der Waals surface area contributed by atoms with Crippen molar-refractivity contribution in [1.82, 2.24) is 0 Å². The number of ether oxygens (including phenoxy) is 1. The van der Waals surface area contributed by atoms with Crippen molar-refractivity contribution in [3.05, 3.63) is 29.3 Å². The predicted octanol–water partition coefficient (Wildman–Crippen LogP) is 2.19. The molecule has 0 heterocycles. The first-order chi connectivity index (χ1) is 7.54. The van der Waals surface area contributed by atoms with Gasteiger partial charge in [0.15, 0.2) is 0 Å². The number of hydrogen-bond donors (Lipinski definition) is 1. The number of carbonyl (C=O) groups excluding carboxylic acids is 1. The van der Waals surface area contributed by atoms with Crippen LogP contribution in [0.3, 0.4) is 0 Å². The Hall–Kier alpha value is -1.95. The number of terminal acetylenes is 1. The van der Waals surface area contributed by atoms with Gasteiger partial charge in [0.25, 0.3) is 0 Å². The largest absolute Gasteiger partial charge is 0.507 e. The minimum absolute atomic E-state index is 0.108. The van der Waals surface area contributed by atoms with E-state index in [0.29, 0.717) is 12.2 Å². The van der Waals surface area contributed by atoms with Crippen LogP contribution in [0.5, 0.6) is 5.75 Å². The second kappa shape index (κ2) is 5.22. The predicted molar refractivity (Wildman–Crippen MR) is 61.2 cm³/mol. The van der Waals surface area contributed by atoms with Gasteiger partial charge in [0, 0.05) is 5.56 Å². The molecule has 0 aromatic heterocycles. The average Bonchev–Trinajstić information content (AvgIpc) is 2.26. The van der Waals surface area contributed by atoms with Gasteiger partial charge in [0.2, 0.25) is 0 Å². The number of rotatable bonds is 3. The lowest BCUT2D eigenvalue weighted by Gasteiger charge is -2.08. The summed E-state index contributed by atoms with van der Waals surface area (Å²) in [5, 5.41) is 9.50. The van der Waals surface area contributed by atoms with Crippen LogP contribution in [0.2, 0.25) is 0 Å². The van der Waals surface area contributed by atoms with Gasteiger partial charge in [-0.1, -0.05) is 19.8 Å². The summed E-state index contributed by atoms with van der Waals surface area (Å²) in [6.07, 6.45) is 5.21. The third-order valence-electron chi connectivity index (χ3n) is 1.93. The molecule has 0 unspecified atom stereocenters. The van der Waals surface area contributed by atoms with Crippen LogP contribution in [0.1, 0.15) is 29.8 Å². The van der Waals surface area contributed by atoms with Crippen LogP contribution in [0.25, 0.3) is 0 Å². The molecule has 0 atom stereocenters. The Morgan fingerprint density at radius 1 is 1.56 bits per heavy atom. The molecule has 0 saturated carbocycles. The van der Waals surface area contributed by atoms with Gasteiger partial charge in [0.1, 0.15) is 11.3 Å². The maximum atomic E-state index is 11.6. The van der Waals surface area contributed by atoms with E-state index >= 15 is 0 Å². The van der Waals surface area contributed by atoms with E-state index in [4.69, 9.17) is 11.2 Å². The summed E-state index contributed by atoms with van der Waals surface area (Å²) < 4.78 is 5.00. The van der Waals surface area contributed by atoms with Gasteiger partial charge in [-0.2, -0.15) is 0 Å². The highest BCUT2D eigenvalue weighted by molar-refractivity contribution is 5.92. The Morgan fingerprint density at radius 3 is 2.81 bits per heavy atom. The highest BCUT2D eigenvalue weighted by atomic mass is 16.5. The van der Waals surface area contributed by atoms with Gasteiger partial charge in [-0.25, -0.2) is 4.79 Å². The Kier molecular flexibility index (Phi) is 3.96. The monoisotopic (exact) mass is 218 g/mol. The molecular formula is C13H14O3. The molecule has 1 aromatic rings. The van der Waals surface area contributed by atoms with Crippen molar-refractivity contribution in [1.29, 1.82) is 0 Å². The maximum Gasteiger partial charge on any atom is 0.341 e. The first-order valence-electron chi connectivity index (χ1n) is 5.01. The lowest BCUT2D eigenvalue weighted by Crippen LogP contribution is -2.10. The fraction of sp³-hybridized carbons (Fsp3) is 0.308. The Morgan fingerprint density at radius 2 is 2.25 bits per heavy atom. The molecule has 1 N–H and O–H groups in total. The van der Waals surface area contributed by atoms with E-state index in [1.165, 1.54) is 12.1 Å². The molecule has 3 heteroatoms. The third-order valence-corrected chi connectivity index (χ3v) is 1.93. The molecule has 0 saturated heterocycles. The standard InChI is InChI=1S/C13H14O3/c1-4-10-5-6-12(14)11(7-10)13(15)16-8-9(2)3/h1,5-7,9,14H,8H2,2-3H3. The second-order valence-corrected chi connectivity index (χ2v) is 3.87. The molecule has 0 bridgehead atoms. The van der Waals surface area contributed by atoms with E-state index in [2.05, 4.69) is 5.92 Å². The van der Waals surface area contributed by atoms with E-state index in [1.807, 2.05) is 13.8 Å². The van der Waals surface area contributed by atoms with Crippen LogP contribution in [0, 0.1) is 18.3 Å². The smallest absolute Gasteiger partial charge is 0.341 e. The minimum Gasteiger partial charge on any atom is -0.507 e. The first kappa shape index (κ1) is 12.1. The van der Waals surface area contributed by atoms with Crippen molar-refractivity contribution >= 4 is 5.97 Å². The van der Waals surface area contributed by atoms with E-state index in [0.717, 1.165) is 0 Å². The fourth-order valence-electron chi connectivity index (χ4n) is 1.11. The summed E-state index contributed by atoms with van der Waals surface area (Å²) in [5.74, 6) is 1.98. The lowest BCUT2D eigenvalue weighted by atomic mass is 10.1. The Bertz CT molecular complexity index is 427. The molecule has 0 spiro atoms. The molecule has 0 fully saturated rings. The highest BCUT2D eigenvalue weighted by Crippen LogP contribution is 2.19. The van der Waals surface area contributed by atoms with Crippen LogP contribution in [0.15, 0.2) is 18.2 Å². The van der Waals surface area contributed by atoms with Crippen LogP contribution in [0.4, 0.5) is 0 Å². The fourth-order valence-corrected chi connectivity index (χ4v) is 1.11. The summed E-state index contributed by atoms with van der Waals surface area (Å²) in [5.41, 5.74) is 0.644. The molecule has 1 rings (SSSR count). The summed E-state index contributed by atoms with van der Waals surface area (Å²) in [7, 11) is 0. The van der Waals surface area contributed by atoms with Crippen molar-refractivity contribution in [3.63, 3.8) is 0 Å². The van der Waals surface area contributed by atoms with Crippen molar-refractivity contribution in [3.8, 4) is 18.1 Å². The minimum atomic E-state index is -0.552. The summed E-state index contributed by atoms with van der Waals surface area (Å²) in [6.45, 7) is 4.19. The van der Waals surface area contributed by atoms with E-state index < -0.39 is 5.97 Å².